The lowest BCUT2D eigenvalue weighted by molar-refractivity contribution is -0.125. The fourth-order valence-electron chi connectivity index (χ4n) is 4.57. The highest BCUT2D eigenvalue weighted by molar-refractivity contribution is 5.96. The number of hydrogen-bond acceptors (Lipinski definition) is 5. The molecule has 1 aliphatic rings. The molecule has 188 valence electrons. The molecule has 35 heavy (non-hydrogen) atoms. The number of aryl methyl sites for hydroxylation is 2. The fourth-order valence-corrected chi connectivity index (χ4v) is 4.57. The van der Waals surface area contributed by atoms with E-state index in [1.54, 1.807) is 6.20 Å². The number of nitrogens with zero attached hydrogens (tertiary/aromatic N) is 2. The van der Waals surface area contributed by atoms with Gasteiger partial charge in [-0.05, 0) is 49.1 Å². The van der Waals surface area contributed by atoms with Crippen LogP contribution < -0.4 is 10.6 Å². The molecular weight excluding hydrogens is 440 g/mol. The van der Waals surface area contributed by atoms with Gasteiger partial charge in [0.1, 0.15) is 18.0 Å². The van der Waals surface area contributed by atoms with Crippen molar-refractivity contribution < 1.29 is 14.4 Å². The third-order valence-electron chi connectivity index (χ3n) is 6.43. The molecule has 7 nitrogen and oxygen atoms in total. The minimum Gasteiger partial charge on any atom is -0.345 e. The number of nitrogens with one attached hydrogen (secondary N) is 2. The molecule has 2 heterocycles. The average molecular weight is 479 g/mol. The van der Waals surface area contributed by atoms with E-state index in [9.17, 15) is 14.4 Å². The average Bonchev–Trinajstić information content (AvgIpc) is 2.85. The number of aromatic nitrogens is 2. The number of carbonyl (C=O) groups excluding carboxylic acids is 3. The number of aldehydes is 1. The standard InChI is InChI=1S/C28H38N4O3/c1-20(2)15-24(19-33)31-27(34)25-16-22-13-10-9-12-21(22)11-7-5-3-4-6-8-14-23-17-29-18-26(30-23)28(35)32-25/h9-10,12-13,17-20,24-25H,3-8,11,14-16H2,1-2H3,(H,31,34)(H,32,35)/t24-,25-/m0/s1. The molecule has 1 aromatic carbocycles. The number of hydrogen-bond donors (Lipinski definition) is 2. The van der Waals surface area contributed by atoms with Crippen molar-refractivity contribution in [1.82, 2.24) is 20.6 Å². The van der Waals surface area contributed by atoms with E-state index in [0.717, 1.165) is 49.6 Å². The predicted octanol–water partition coefficient (Wildman–Crippen LogP) is 3.99. The molecule has 2 amide bonds. The van der Waals surface area contributed by atoms with Crippen LogP contribution in [0.1, 0.15) is 86.1 Å². The summed E-state index contributed by atoms with van der Waals surface area (Å²) in [7, 11) is 0. The van der Waals surface area contributed by atoms with Crippen molar-refractivity contribution in [3.05, 3.63) is 59.2 Å². The van der Waals surface area contributed by atoms with Crippen LogP contribution >= 0.6 is 0 Å². The quantitative estimate of drug-likeness (QED) is 0.633. The molecule has 0 spiro atoms. The molecule has 2 atom stereocenters. The van der Waals surface area contributed by atoms with Crippen LogP contribution in [0.25, 0.3) is 0 Å². The first-order valence-corrected chi connectivity index (χ1v) is 12.9. The summed E-state index contributed by atoms with van der Waals surface area (Å²) in [6.07, 6.45) is 13.3. The Labute approximate surface area is 208 Å². The summed E-state index contributed by atoms with van der Waals surface area (Å²) in [4.78, 5) is 46.7. The van der Waals surface area contributed by atoms with E-state index in [4.69, 9.17) is 0 Å². The summed E-state index contributed by atoms with van der Waals surface area (Å²) < 4.78 is 0. The molecule has 2 N–H and O–H groups in total. The highest BCUT2D eigenvalue weighted by Gasteiger charge is 2.26. The maximum Gasteiger partial charge on any atom is 0.272 e. The van der Waals surface area contributed by atoms with E-state index in [1.165, 1.54) is 31.0 Å². The zero-order valence-electron chi connectivity index (χ0n) is 21.0. The number of amides is 2. The summed E-state index contributed by atoms with van der Waals surface area (Å²) in [5.74, 6) is -0.555. The Morgan fingerprint density at radius 2 is 1.74 bits per heavy atom. The van der Waals surface area contributed by atoms with Crippen molar-refractivity contribution in [2.24, 2.45) is 5.92 Å². The normalized spacial score (nSPS) is 18.6. The van der Waals surface area contributed by atoms with E-state index in [0.29, 0.717) is 12.8 Å². The van der Waals surface area contributed by atoms with Gasteiger partial charge in [-0.25, -0.2) is 4.98 Å². The van der Waals surface area contributed by atoms with Crippen LogP contribution in [0.15, 0.2) is 36.7 Å². The lowest BCUT2D eigenvalue weighted by Gasteiger charge is -2.23. The van der Waals surface area contributed by atoms with Gasteiger partial charge in [-0.1, -0.05) is 63.8 Å². The molecule has 0 aliphatic carbocycles. The zero-order chi connectivity index (χ0) is 25.0. The van der Waals surface area contributed by atoms with Crippen molar-refractivity contribution in [3.8, 4) is 0 Å². The third-order valence-corrected chi connectivity index (χ3v) is 6.43. The largest absolute Gasteiger partial charge is 0.345 e. The molecule has 0 saturated heterocycles. The maximum absolute atomic E-state index is 13.3. The Morgan fingerprint density at radius 3 is 2.46 bits per heavy atom. The zero-order valence-corrected chi connectivity index (χ0v) is 21.0. The van der Waals surface area contributed by atoms with Crippen molar-refractivity contribution >= 4 is 18.1 Å². The minimum absolute atomic E-state index is 0.201. The van der Waals surface area contributed by atoms with Gasteiger partial charge in [-0.2, -0.15) is 0 Å². The highest BCUT2D eigenvalue weighted by Crippen LogP contribution is 2.17. The topological polar surface area (TPSA) is 101 Å². The number of rotatable bonds is 5. The van der Waals surface area contributed by atoms with Crippen LogP contribution in [-0.2, 0) is 28.9 Å². The molecule has 0 unspecified atom stereocenters. The Hall–Kier alpha value is -3.09. The Kier molecular flexibility index (Phi) is 10.4. The van der Waals surface area contributed by atoms with Gasteiger partial charge in [0.05, 0.1) is 17.9 Å². The lowest BCUT2D eigenvalue weighted by atomic mass is 9.95. The van der Waals surface area contributed by atoms with Crippen molar-refractivity contribution in [2.45, 2.75) is 90.1 Å². The van der Waals surface area contributed by atoms with Crippen molar-refractivity contribution in [3.63, 3.8) is 0 Å². The molecule has 2 bridgehead atoms. The van der Waals surface area contributed by atoms with E-state index in [-0.39, 0.29) is 17.5 Å². The summed E-state index contributed by atoms with van der Waals surface area (Å²) in [6, 6.07) is 6.66. The molecule has 3 rings (SSSR count). The van der Waals surface area contributed by atoms with Crippen LogP contribution in [0, 0.1) is 5.92 Å². The number of fused-ring (bicyclic) bond motifs is 3. The summed E-state index contributed by atoms with van der Waals surface area (Å²) in [5.41, 5.74) is 3.21. The second kappa shape index (κ2) is 13.7. The van der Waals surface area contributed by atoms with E-state index in [1.807, 2.05) is 32.0 Å². The van der Waals surface area contributed by atoms with Gasteiger partial charge in [0, 0.05) is 12.6 Å². The van der Waals surface area contributed by atoms with Gasteiger partial charge in [0.2, 0.25) is 5.91 Å². The van der Waals surface area contributed by atoms with E-state index in [2.05, 4.69) is 26.7 Å². The van der Waals surface area contributed by atoms with Gasteiger partial charge in [-0.3, -0.25) is 14.6 Å². The van der Waals surface area contributed by atoms with Gasteiger partial charge >= 0.3 is 0 Å². The van der Waals surface area contributed by atoms with Crippen LogP contribution in [-0.4, -0.2) is 40.2 Å². The number of benzene rings is 1. The second-order valence-corrected chi connectivity index (χ2v) is 9.90. The molecule has 0 fully saturated rings. The molecular formula is C28H38N4O3. The molecule has 7 heteroatoms. The fraction of sp³-hybridized carbons (Fsp3) is 0.536. The summed E-state index contributed by atoms with van der Waals surface area (Å²) in [5, 5.41) is 5.70. The van der Waals surface area contributed by atoms with E-state index >= 15 is 0 Å². The monoisotopic (exact) mass is 478 g/mol. The second-order valence-electron chi connectivity index (χ2n) is 9.90. The summed E-state index contributed by atoms with van der Waals surface area (Å²) in [6.45, 7) is 4.00. The molecule has 1 aromatic heterocycles. The summed E-state index contributed by atoms with van der Waals surface area (Å²) >= 11 is 0. The molecule has 0 radical (unpaired) electrons. The SMILES string of the molecule is CC(C)C[C@@H](C=O)NC(=O)[C@@H]1Cc2ccccc2CCCCCCCCc2cncc(n2)C(=O)N1. The highest BCUT2D eigenvalue weighted by atomic mass is 16.2. The van der Waals surface area contributed by atoms with Gasteiger partial charge in [0.15, 0.2) is 0 Å². The Bertz CT molecular complexity index is 992. The Morgan fingerprint density at radius 1 is 1.06 bits per heavy atom. The first kappa shape index (κ1) is 26.5. The third kappa shape index (κ3) is 8.57. The van der Waals surface area contributed by atoms with Crippen LogP contribution in [0.3, 0.4) is 0 Å². The molecule has 0 saturated carbocycles. The van der Waals surface area contributed by atoms with Crippen LogP contribution in [0.4, 0.5) is 0 Å². The van der Waals surface area contributed by atoms with Crippen molar-refractivity contribution in [2.75, 3.05) is 0 Å². The molecule has 2 aromatic rings. The van der Waals surface area contributed by atoms with E-state index < -0.39 is 18.0 Å². The van der Waals surface area contributed by atoms with Gasteiger partial charge in [-0.15, -0.1) is 0 Å². The number of carbonyl (C=O) groups is 3. The van der Waals surface area contributed by atoms with Gasteiger partial charge < -0.3 is 15.4 Å². The lowest BCUT2D eigenvalue weighted by Crippen LogP contribution is -2.51. The first-order valence-electron chi connectivity index (χ1n) is 12.9. The van der Waals surface area contributed by atoms with Crippen LogP contribution in [0.2, 0.25) is 0 Å². The van der Waals surface area contributed by atoms with Crippen LogP contribution in [0.5, 0.6) is 0 Å². The minimum atomic E-state index is -0.834. The smallest absolute Gasteiger partial charge is 0.272 e. The first-order chi connectivity index (χ1) is 17.0. The molecule has 1 aliphatic heterocycles. The van der Waals surface area contributed by atoms with Gasteiger partial charge in [0.25, 0.3) is 5.91 Å². The maximum atomic E-state index is 13.3. The van der Waals surface area contributed by atoms with Crippen molar-refractivity contribution in [1.29, 1.82) is 0 Å². The Balaban J connectivity index is 1.88. The predicted molar refractivity (Wildman–Crippen MR) is 136 cm³/mol.